The molecule has 2 atom stereocenters. The van der Waals surface area contributed by atoms with Gasteiger partial charge in [-0.2, -0.15) is 0 Å². The number of allylic oxidation sites excluding steroid dienone is 3. The van der Waals surface area contributed by atoms with Gasteiger partial charge in [0.2, 0.25) is 5.91 Å². The van der Waals surface area contributed by atoms with E-state index in [4.69, 9.17) is 0 Å². The fourth-order valence-corrected chi connectivity index (χ4v) is 3.18. The van der Waals surface area contributed by atoms with Crippen LogP contribution in [0, 0.1) is 17.8 Å². The van der Waals surface area contributed by atoms with Crippen LogP contribution in [0.2, 0.25) is 0 Å². The van der Waals surface area contributed by atoms with Crippen LogP contribution in [0.25, 0.3) is 0 Å². The maximum Gasteiger partial charge on any atom is 0.225 e. The molecule has 1 saturated carbocycles. The van der Waals surface area contributed by atoms with Gasteiger partial charge in [0.05, 0.1) is 0 Å². The topological polar surface area (TPSA) is 20.3 Å². The minimum atomic E-state index is 0.342. The fourth-order valence-electron chi connectivity index (χ4n) is 3.18. The van der Waals surface area contributed by atoms with Crippen molar-refractivity contribution in [2.24, 2.45) is 17.8 Å². The second-order valence-corrected chi connectivity index (χ2v) is 6.91. The van der Waals surface area contributed by atoms with E-state index in [-0.39, 0.29) is 0 Å². The van der Waals surface area contributed by atoms with Crippen molar-refractivity contribution in [3.63, 3.8) is 0 Å². The van der Waals surface area contributed by atoms with E-state index in [1.165, 1.54) is 18.4 Å². The second kappa shape index (κ2) is 7.82. The van der Waals surface area contributed by atoms with Crippen LogP contribution >= 0.6 is 0 Å². The zero-order valence-electron chi connectivity index (χ0n) is 14.0. The molecular weight excluding hydrogens is 258 g/mol. The highest BCUT2D eigenvalue weighted by Gasteiger charge is 2.32. The molecule has 0 heterocycles. The lowest BCUT2D eigenvalue weighted by Crippen LogP contribution is -2.33. The Morgan fingerprint density at radius 2 is 2.14 bits per heavy atom. The number of unbranched alkanes of at least 4 members (excludes halogenated alkanes) is 1. The van der Waals surface area contributed by atoms with E-state index >= 15 is 0 Å². The highest BCUT2D eigenvalue weighted by atomic mass is 16.2. The molecule has 0 spiro atoms. The third kappa shape index (κ3) is 5.01. The van der Waals surface area contributed by atoms with Crippen molar-refractivity contribution >= 4 is 5.91 Å². The lowest BCUT2D eigenvalue weighted by atomic mass is 9.82. The third-order valence-electron chi connectivity index (χ3n) is 4.82. The van der Waals surface area contributed by atoms with Crippen LogP contribution in [-0.2, 0) is 4.79 Å². The Bertz CT molecular complexity index is 406. The summed E-state index contributed by atoms with van der Waals surface area (Å²) < 4.78 is 0. The van der Waals surface area contributed by atoms with Crippen LogP contribution in [0.5, 0.6) is 0 Å². The lowest BCUT2D eigenvalue weighted by molar-refractivity contribution is -0.132. The average molecular weight is 289 g/mol. The van der Waals surface area contributed by atoms with E-state index in [1.807, 2.05) is 0 Å². The lowest BCUT2D eigenvalue weighted by Gasteiger charge is -2.25. The molecule has 0 radical (unpaired) electrons. The highest BCUT2D eigenvalue weighted by molar-refractivity contribution is 5.81. The minimum absolute atomic E-state index is 0.342. The zero-order valence-corrected chi connectivity index (χ0v) is 14.0. The number of hydrogen-bond acceptors (Lipinski definition) is 1. The monoisotopic (exact) mass is 289 g/mol. The molecule has 1 fully saturated rings. The molecule has 2 aliphatic rings. The van der Waals surface area contributed by atoms with E-state index in [0.717, 1.165) is 38.8 Å². The van der Waals surface area contributed by atoms with Gasteiger partial charge in [-0.1, -0.05) is 44.1 Å². The van der Waals surface area contributed by atoms with Crippen molar-refractivity contribution in [2.45, 2.75) is 59.3 Å². The number of hydrogen-bond donors (Lipinski definition) is 0. The standard InChI is InChI=1S/C19H31NO/c1-4-5-12-20(19(21)18-10-11-18)13-6-7-17-9-8-15(2)14-16(17)3/h6-7,14,16-18H,4-5,8-13H2,1-3H3. The van der Waals surface area contributed by atoms with Crippen LogP contribution < -0.4 is 0 Å². The summed E-state index contributed by atoms with van der Waals surface area (Å²) >= 11 is 0. The molecule has 0 aromatic heterocycles. The van der Waals surface area contributed by atoms with Crippen LogP contribution in [0.1, 0.15) is 59.3 Å². The van der Waals surface area contributed by atoms with Crippen LogP contribution in [0.3, 0.4) is 0 Å². The van der Waals surface area contributed by atoms with Gasteiger partial charge in [-0.05, 0) is 50.9 Å². The van der Waals surface area contributed by atoms with E-state index < -0.39 is 0 Å². The summed E-state index contributed by atoms with van der Waals surface area (Å²) in [6, 6.07) is 0. The summed E-state index contributed by atoms with van der Waals surface area (Å²) in [4.78, 5) is 14.4. The largest absolute Gasteiger partial charge is 0.339 e. The third-order valence-corrected chi connectivity index (χ3v) is 4.82. The van der Waals surface area contributed by atoms with Gasteiger partial charge in [0.25, 0.3) is 0 Å². The molecular formula is C19H31NO. The molecule has 0 bridgehead atoms. The quantitative estimate of drug-likeness (QED) is 0.628. The molecule has 0 saturated heterocycles. The summed E-state index contributed by atoms with van der Waals surface area (Å²) in [5, 5.41) is 0. The normalized spacial score (nSPS) is 26.0. The molecule has 118 valence electrons. The van der Waals surface area contributed by atoms with Crippen molar-refractivity contribution in [2.75, 3.05) is 13.1 Å². The molecule has 2 heteroatoms. The molecule has 2 nitrogen and oxygen atoms in total. The Balaban J connectivity index is 1.85. The van der Waals surface area contributed by atoms with Gasteiger partial charge in [0.15, 0.2) is 0 Å². The smallest absolute Gasteiger partial charge is 0.225 e. The first-order chi connectivity index (χ1) is 10.1. The number of nitrogens with zero attached hydrogens (tertiary/aromatic N) is 1. The Kier molecular flexibility index (Phi) is 6.08. The molecule has 2 aliphatic carbocycles. The van der Waals surface area contributed by atoms with Crippen molar-refractivity contribution < 1.29 is 4.79 Å². The summed E-state index contributed by atoms with van der Waals surface area (Å²) in [6.07, 6.45) is 14.0. The van der Waals surface area contributed by atoms with E-state index in [2.05, 4.69) is 43.9 Å². The summed E-state index contributed by atoms with van der Waals surface area (Å²) in [6.45, 7) is 8.46. The molecule has 1 amide bonds. The van der Waals surface area contributed by atoms with Crippen molar-refractivity contribution in [3.05, 3.63) is 23.8 Å². The molecule has 21 heavy (non-hydrogen) atoms. The van der Waals surface area contributed by atoms with Crippen LogP contribution in [-0.4, -0.2) is 23.9 Å². The fraction of sp³-hybridized carbons (Fsp3) is 0.737. The van der Waals surface area contributed by atoms with E-state index in [9.17, 15) is 4.79 Å². The molecule has 2 rings (SSSR count). The minimum Gasteiger partial charge on any atom is -0.339 e. The maximum absolute atomic E-state index is 12.3. The molecule has 0 aromatic rings. The van der Waals surface area contributed by atoms with Gasteiger partial charge < -0.3 is 4.90 Å². The SMILES string of the molecule is CCCCN(CC=CC1CCC(C)=CC1C)C(=O)C1CC1. The summed E-state index contributed by atoms with van der Waals surface area (Å²) in [5.74, 6) is 2.02. The Morgan fingerprint density at radius 1 is 1.38 bits per heavy atom. The van der Waals surface area contributed by atoms with Crippen molar-refractivity contribution in [3.8, 4) is 0 Å². The average Bonchev–Trinajstić information content (AvgIpc) is 3.28. The number of carbonyl (C=O) groups is 1. The molecule has 0 N–H and O–H groups in total. The van der Waals surface area contributed by atoms with Gasteiger partial charge in [0.1, 0.15) is 0 Å². The predicted molar refractivity (Wildman–Crippen MR) is 89.0 cm³/mol. The van der Waals surface area contributed by atoms with Gasteiger partial charge in [-0.25, -0.2) is 0 Å². The van der Waals surface area contributed by atoms with Crippen molar-refractivity contribution in [1.82, 2.24) is 4.90 Å². The van der Waals surface area contributed by atoms with Crippen LogP contribution in [0.4, 0.5) is 0 Å². The number of amides is 1. The van der Waals surface area contributed by atoms with Crippen LogP contribution in [0.15, 0.2) is 23.8 Å². The first kappa shape index (κ1) is 16.3. The zero-order chi connectivity index (χ0) is 15.2. The van der Waals surface area contributed by atoms with Gasteiger partial charge >= 0.3 is 0 Å². The second-order valence-electron chi connectivity index (χ2n) is 6.91. The van der Waals surface area contributed by atoms with Crippen molar-refractivity contribution in [1.29, 1.82) is 0 Å². The Morgan fingerprint density at radius 3 is 2.76 bits per heavy atom. The maximum atomic E-state index is 12.3. The predicted octanol–water partition coefficient (Wildman–Crippen LogP) is 4.57. The summed E-state index contributed by atoms with van der Waals surface area (Å²) in [7, 11) is 0. The van der Waals surface area contributed by atoms with E-state index in [1.54, 1.807) is 0 Å². The van der Waals surface area contributed by atoms with Gasteiger partial charge in [-0.15, -0.1) is 0 Å². The number of carbonyl (C=O) groups excluding carboxylic acids is 1. The van der Waals surface area contributed by atoms with E-state index in [0.29, 0.717) is 23.7 Å². The highest BCUT2D eigenvalue weighted by Crippen LogP contribution is 2.31. The first-order valence-electron chi connectivity index (χ1n) is 8.74. The molecule has 0 aliphatic heterocycles. The molecule has 0 aromatic carbocycles. The number of rotatable bonds is 7. The summed E-state index contributed by atoms with van der Waals surface area (Å²) in [5.41, 5.74) is 1.53. The Labute approximate surface area is 130 Å². The molecule has 2 unspecified atom stereocenters. The van der Waals surface area contributed by atoms with Gasteiger partial charge in [0, 0.05) is 19.0 Å². The van der Waals surface area contributed by atoms with Gasteiger partial charge in [-0.3, -0.25) is 4.79 Å². The Hall–Kier alpha value is -1.05. The first-order valence-corrected chi connectivity index (χ1v) is 8.74.